The average molecular weight is 303 g/mol. The molecule has 1 aliphatic rings. The summed E-state index contributed by atoms with van der Waals surface area (Å²) in [6, 6.07) is 5.94. The Morgan fingerprint density at radius 2 is 2.32 bits per heavy atom. The molecule has 0 spiro atoms. The number of hydrogen-bond donors (Lipinski definition) is 1. The molecule has 1 saturated heterocycles. The van der Waals surface area contributed by atoms with Crippen LogP contribution >= 0.6 is 0 Å². The van der Waals surface area contributed by atoms with Crippen LogP contribution in [0, 0.1) is 6.92 Å². The molecule has 1 atom stereocenters. The van der Waals surface area contributed by atoms with Gasteiger partial charge in [-0.05, 0) is 44.5 Å². The molecule has 22 heavy (non-hydrogen) atoms. The SMILES string of the molecule is Cc1ccc(CN2CCC[C@H](c3ccnn3CC(=O)O)C2)o1. The van der Waals surface area contributed by atoms with Gasteiger partial charge in [0, 0.05) is 24.4 Å². The molecule has 0 bridgehead atoms. The van der Waals surface area contributed by atoms with Gasteiger partial charge in [-0.2, -0.15) is 5.10 Å². The van der Waals surface area contributed by atoms with Gasteiger partial charge in [0.25, 0.3) is 0 Å². The number of carbonyl (C=O) groups is 1. The van der Waals surface area contributed by atoms with Gasteiger partial charge in [0.1, 0.15) is 18.1 Å². The standard InChI is InChI=1S/C16H21N3O3/c1-12-4-5-14(22-12)10-18-8-2-3-13(9-18)15-6-7-17-19(15)11-16(20)21/h4-7,13H,2-3,8-11H2,1H3,(H,20,21)/t13-/m0/s1. The normalized spacial score (nSPS) is 19.4. The molecular weight excluding hydrogens is 282 g/mol. The van der Waals surface area contributed by atoms with Gasteiger partial charge in [-0.3, -0.25) is 14.4 Å². The molecule has 1 fully saturated rings. The summed E-state index contributed by atoms with van der Waals surface area (Å²) in [6.07, 6.45) is 3.86. The van der Waals surface area contributed by atoms with E-state index in [4.69, 9.17) is 9.52 Å². The smallest absolute Gasteiger partial charge is 0.325 e. The van der Waals surface area contributed by atoms with E-state index in [0.717, 1.165) is 49.7 Å². The summed E-state index contributed by atoms with van der Waals surface area (Å²) < 4.78 is 7.26. The van der Waals surface area contributed by atoms with E-state index >= 15 is 0 Å². The van der Waals surface area contributed by atoms with Crippen molar-refractivity contribution in [1.82, 2.24) is 14.7 Å². The number of piperidine rings is 1. The molecule has 0 aliphatic carbocycles. The van der Waals surface area contributed by atoms with Crippen molar-refractivity contribution in [3.63, 3.8) is 0 Å². The molecule has 0 aromatic carbocycles. The van der Waals surface area contributed by atoms with Gasteiger partial charge in [-0.1, -0.05) is 0 Å². The first-order valence-corrected chi connectivity index (χ1v) is 7.63. The summed E-state index contributed by atoms with van der Waals surface area (Å²) in [7, 11) is 0. The number of carboxylic acids is 1. The fourth-order valence-corrected chi connectivity index (χ4v) is 3.18. The maximum Gasteiger partial charge on any atom is 0.325 e. The average Bonchev–Trinajstić information content (AvgIpc) is 3.08. The number of furan rings is 1. The summed E-state index contributed by atoms with van der Waals surface area (Å²) in [6.45, 7) is 4.63. The number of aryl methyl sites for hydroxylation is 1. The maximum absolute atomic E-state index is 10.9. The third-order valence-corrected chi connectivity index (χ3v) is 4.13. The molecule has 3 heterocycles. The molecule has 0 unspecified atom stereocenters. The van der Waals surface area contributed by atoms with Gasteiger partial charge in [-0.15, -0.1) is 0 Å². The Labute approximate surface area is 129 Å². The van der Waals surface area contributed by atoms with E-state index < -0.39 is 5.97 Å². The Bertz CT molecular complexity index is 647. The zero-order chi connectivity index (χ0) is 15.5. The molecule has 2 aromatic rings. The second-order valence-electron chi connectivity index (χ2n) is 5.89. The largest absolute Gasteiger partial charge is 0.480 e. The lowest BCUT2D eigenvalue weighted by atomic mass is 9.94. The van der Waals surface area contributed by atoms with Gasteiger partial charge in [0.2, 0.25) is 0 Å². The van der Waals surface area contributed by atoms with E-state index in [1.165, 1.54) is 0 Å². The van der Waals surface area contributed by atoms with Gasteiger partial charge >= 0.3 is 5.97 Å². The summed E-state index contributed by atoms with van der Waals surface area (Å²) in [5.41, 5.74) is 1.02. The van der Waals surface area contributed by atoms with Crippen LogP contribution in [0.25, 0.3) is 0 Å². The molecule has 118 valence electrons. The van der Waals surface area contributed by atoms with Crippen molar-refractivity contribution in [2.24, 2.45) is 0 Å². The van der Waals surface area contributed by atoms with Crippen molar-refractivity contribution < 1.29 is 14.3 Å². The molecule has 2 aromatic heterocycles. The van der Waals surface area contributed by atoms with E-state index in [0.29, 0.717) is 5.92 Å². The topological polar surface area (TPSA) is 71.5 Å². The number of hydrogen-bond acceptors (Lipinski definition) is 4. The molecule has 0 saturated carbocycles. The van der Waals surface area contributed by atoms with Gasteiger partial charge < -0.3 is 9.52 Å². The maximum atomic E-state index is 10.9. The van der Waals surface area contributed by atoms with Crippen LogP contribution in [0.5, 0.6) is 0 Å². The highest BCUT2D eigenvalue weighted by Gasteiger charge is 2.25. The van der Waals surface area contributed by atoms with Crippen LogP contribution in [0.3, 0.4) is 0 Å². The van der Waals surface area contributed by atoms with Crippen molar-refractivity contribution >= 4 is 5.97 Å². The fourth-order valence-electron chi connectivity index (χ4n) is 3.18. The Morgan fingerprint density at radius 3 is 3.05 bits per heavy atom. The molecule has 0 amide bonds. The Hall–Kier alpha value is -2.08. The molecule has 1 N–H and O–H groups in total. The van der Waals surface area contributed by atoms with E-state index in [1.807, 2.05) is 25.1 Å². The molecule has 0 radical (unpaired) electrons. The Morgan fingerprint density at radius 1 is 1.45 bits per heavy atom. The minimum Gasteiger partial charge on any atom is -0.480 e. The summed E-state index contributed by atoms with van der Waals surface area (Å²) in [5, 5.41) is 13.1. The molecule has 6 heteroatoms. The van der Waals surface area contributed by atoms with Crippen LogP contribution in [-0.2, 0) is 17.9 Å². The van der Waals surface area contributed by atoms with E-state index in [-0.39, 0.29) is 6.54 Å². The zero-order valence-electron chi connectivity index (χ0n) is 12.7. The monoisotopic (exact) mass is 303 g/mol. The van der Waals surface area contributed by atoms with Crippen molar-refractivity contribution in [1.29, 1.82) is 0 Å². The Balaban J connectivity index is 1.68. The third kappa shape index (κ3) is 3.39. The van der Waals surface area contributed by atoms with E-state index in [1.54, 1.807) is 10.9 Å². The highest BCUT2D eigenvalue weighted by atomic mass is 16.4. The predicted molar refractivity (Wildman–Crippen MR) is 80.6 cm³/mol. The van der Waals surface area contributed by atoms with Gasteiger partial charge in [0.15, 0.2) is 0 Å². The van der Waals surface area contributed by atoms with Crippen LogP contribution in [0.15, 0.2) is 28.8 Å². The first-order valence-electron chi connectivity index (χ1n) is 7.63. The minimum atomic E-state index is -0.858. The fraction of sp³-hybridized carbons (Fsp3) is 0.500. The Kier molecular flexibility index (Phi) is 4.29. The molecule has 1 aliphatic heterocycles. The summed E-state index contributed by atoms with van der Waals surface area (Å²) in [4.78, 5) is 13.3. The number of aromatic nitrogens is 2. The number of nitrogens with zero attached hydrogens (tertiary/aromatic N) is 3. The lowest BCUT2D eigenvalue weighted by Crippen LogP contribution is -2.34. The van der Waals surface area contributed by atoms with Crippen LogP contribution in [0.4, 0.5) is 0 Å². The van der Waals surface area contributed by atoms with Crippen LogP contribution in [0.2, 0.25) is 0 Å². The molecule has 6 nitrogen and oxygen atoms in total. The highest BCUT2D eigenvalue weighted by molar-refractivity contribution is 5.66. The third-order valence-electron chi connectivity index (χ3n) is 4.13. The zero-order valence-corrected chi connectivity index (χ0v) is 12.7. The van der Waals surface area contributed by atoms with Crippen molar-refractivity contribution in [3.05, 3.63) is 41.6 Å². The number of rotatable bonds is 5. The lowest BCUT2D eigenvalue weighted by molar-refractivity contribution is -0.137. The van der Waals surface area contributed by atoms with Gasteiger partial charge in [0.05, 0.1) is 6.54 Å². The first kappa shape index (κ1) is 14.8. The number of aliphatic carboxylic acids is 1. The quantitative estimate of drug-likeness (QED) is 0.917. The number of likely N-dealkylation sites (tertiary alicyclic amines) is 1. The predicted octanol–water partition coefficient (Wildman–Crippen LogP) is 2.25. The summed E-state index contributed by atoms with van der Waals surface area (Å²) in [5.74, 6) is 1.38. The van der Waals surface area contributed by atoms with Crippen molar-refractivity contribution in [3.8, 4) is 0 Å². The summed E-state index contributed by atoms with van der Waals surface area (Å²) >= 11 is 0. The van der Waals surface area contributed by atoms with Crippen LogP contribution < -0.4 is 0 Å². The van der Waals surface area contributed by atoms with Crippen LogP contribution in [-0.4, -0.2) is 38.8 Å². The van der Waals surface area contributed by atoms with Crippen molar-refractivity contribution in [2.75, 3.05) is 13.1 Å². The first-order chi connectivity index (χ1) is 10.6. The minimum absolute atomic E-state index is 0.0732. The van der Waals surface area contributed by atoms with E-state index in [2.05, 4.69) is 10.00 Å². The molecule has 3 rings (SSSR count). The van der Waals surface area contributed by atoms with Gasteiger partial charge in [-0.25, -0.2) is 0 Å². The van der Waals surface area contributed by atoms with Crippen LogP contribution in [0.1, 0.15) is 36.0 Å². The van der Waals surface area contributed by atoms with E-state index in [9.17, 15) is 4.79 Å². The second-order valence-corrected chi connectivity index (χ2v) is 5.89. The number of carboxylic acid groups (broad SMARTS) is 1. The van der Waals surface area contributed by atoms with Crippen molar-refractivity contribution in [2.45, 2.75) is 38.8 Å². The lowest BCUT2D eigenvalue weighted by Gasteiger charge is -2.32. The second kappa shape index (κ2) is 6.36. The highest BCUT2D eigenvalue weighted by Crippen LogP contribution is 2.27. The molecular formula is C16H21N3O3.